The first-order chi connectivity index (χ1) is 14.0. The monoisotopic (exact) mass is 428 g/mol. The zero-order valence-electron chi connectivity index (χ0n) is 15.3. The highest BCUT2D eigenvalue weighted by Crippen LogP contribution is 2.23. The Morgan fingerprint density at radius 3 is 2.52 bits per heavy atom. The summed E-state index contributed by atoms with van der Waals surface area (Å²) < 4.78 is 32.6. The maximum absolute atomic E-state index is 12.8. The van der Waals surface area contributed by atoms with Crippen LogP contribution >= 0.6 is 11.6 Å². The van der Waals surface area contributed by atoms with Crippen LogP contribution in [0.25, 0.3) is 17.4 Å². The third kappa shape index (κ3) is 4.55. The molecule has 3 heterocycles. The lowest BCUT2D eigenvalue weighted by atomic mass is 10.2. The maximum Gasteiger partial charge on any atom is 0.205 e. The summed E-state index contributed by atoms with van der Waals surface area (Å²) in [5, 5.41) is 8.88. The van der Waals surface area contributed by atoms with E-state index >= 15 is 0 Å². The molecule has 0 bridgehead atoms. The topological polar surface area (TPSA) is 90.9 Å². The molecular formula is C20H17ClN4O3S. The predicted octanol–water partition coefficient (Wildman–Crippen LogP) is 3.73. The molecule has 29 heavy (non-hydrogen) atoms. The molecule has 0 N–H and O–H groups in total. The second-order valence-electron chi connectivity index (χ2n) is 6.41. The van der Waals surface area contributed by atoms with Crippen LogP contribution in [0.2, 0.25) is 5.02 Å². The molecule has 0 aliphatic heterocycles. The average Bonchev–Trinajstić information content (AvgIpc) is 3.38. The molecule has 0 unspecified atom stereocenters. The summed E-state index contributed by atoms with van der Waals surface area (Å²) in [7, 11) is -3.44. The Bertz CT molecular complexity index is 1190. The Morgan fingerprint density at radius 2 is 1.83 bits per heavy atom. The average molecular weight is 429 g/mol. The van der Waals surface area contributed by atoms with Crippen molar-refractivity contribution in [3.63, 3.8) is 0 Å². The van der Waals surface area contributed by atoms with Crippen LogP contribution in [-0.2, 0) is 22.0 Å². The molecule has 0 radical (unpaired) electrons. The number of benzene rings is 1. The number of aryl methyl sites for hydroxylation is 1. The fraction of sp³-hybridized carbons (Fsp3) is 0.150. The first-order valence-corrected chi connectivity index (χ1v) is 11.1. The van der Waals surface area contributed by atoms with Gasteiger partial charge in [0.2, 0.25) is 5.82 Å². The van der Waals surface area contributed by atoms with E-state index in [0.29, 0.717) is 28.8 Å². The lowest BCUT2D eigenvalue weighted by Crippen LogP contribution is -2.15. The quantitative estimate of drug-likeness (QED) is 0.445. The van der Waals surface area contributed by atoms with E-state index in [1.165, 1.54) is 6.26 Å². The van der Waals surface area contributed by atoms with Crippen LogP contribution in [0.15, 0.2) is 71.5 Å². The van der Waals surface area contributed by atoms with Crippen molar-refractivity contribution in [2.24, 2.45) is 0 Å². The van der Waals surface area contributed by atoms with Crippen LogP contribution in [0.1, 0.15) is 11.4 Å². The Morgan fingerprint density at radius 1 is 1.00 bits per heavy atom. The minimum absolute atomic E-state index is 0.0141. The van der Waals surface area contributed by atoms with Gasteiger partial charge in [-0.15, -0.1) is 10.2 Å². The van der Waals surface area contributed by atoms with Crippen molar-refractivity contribution in [3.05, 3.63) is 83.5 Å². The second-order valence-corrected chi connectivity index (χ2v) is 9.03. The SMILES string of the molecule is O=S(=O)(CCc1ccc(Cl)cc1)Cc1nnc(-c2ccco2)n1-c1ccccn1. The summed E-state index contributed by atoms with van der Waals surface area (Å²) >= 11 is 5.88. The molecule has 0 spiro atoms. The largest absolute Gasteiger partial charge is 0.461 e. The van der Waals surface area contributed by atoms with Crippen LogP contribution in [-0.4, -0.2) is 33.9 Å². The molecule has 0 aliphatic carbocycles. The Kier molecular flexibility index (Phi) is 5.46. The van der Waals surface area contributed by atoms with Crippen molar-refractivity contribution < 1.29 is 12.8 Å². The van der Waals surface area contributed by atoms with Gasteiger partial charge in [0.05, 0.1) is 12.0 Å². The van der Waals surface area contributed by atoms with Gasteiger partial charge in [0, 0.05) is 11.2 Å². The van der Waals surface area contributed by atoms with Gasteiger partial charge in [0.25, 0.3) is 0 Å². The predicted molar refractivity (Wildman–Crippen MR) is 110 cm³/mol. The van der Waals surface area contributed by atoms with Crippen molar-refractivity contribution in [2.45, 2.75) is 12.2 Å². The van der Waals surface area contributed by atoms with E-state index in [-0.39, 0.29) is 17.3 Å². The van der Waals surface area contributed by atoms with E-state index in [9.17, 15) is 8.42 Å². The van der Waals surface area contributed by atoms with Crippen LogP contribution in [0.3, 0.4) is 0 Å². The molecule has 1 aromatic carbocycles. The molecule has 0 fully saturated rings. The number of sulfone groups is 1. The van der Waals surface area contributed by atoms with E-state index < -0.39 is 9.84 Å². The van der Waals surface area contributed by atoms with E-state index in [2.05, 4.69) is 15.2 Å². The molecule has 4 aromatic rings. The first kappa shape index (κ1) is 19.4. The van der Waals surface area contributed by atoms with Gasteiger partial charge in [-0.25, -0.2) is 13.4 Å². The third-order valence-corrected chi connectivity index (χ3v) is 6.09. The zero-order chi connectivity index (χ0) is 20.3. The molecule has 0 aliphatic rings. The fourth-order valence-corrected chi connectivity index (χ4v) is 4.29. The van der Waals surface area contributed by atoms with Gasteiger partial charge >= 0.3 is 0 Å². The highest BCUT2D eigenvalue weighted by atomic mass is 35.5. The maximum atomic E-state index is 12.8. The third-order valence-electron chi connectivity index (χ3n) is 4.31. The molecule has 0 amide bonds. The number of nitrogens with zero attached hydrogens (tertiary/aromatic N) is 4. The van der Waals surface area contributed by atoms with Crippen molar-refractivity contribution in [3.8, 4) is 17.4 Å². The number of aromatic nitrogens is 4. The minimum Gasteiger partial charge on any atom is -0.461 e. The van der Waals surface area contributed by atoms with Gasteiger partial charge in [0.1, 0.15) is 11.6 Å². The van der Waals surface area contributed by atoms with Crippen LogP contribution in [0, 0.1) is 0 Å². The normalized spacial score (nSPS) is 11.6. The van der Waals surface area contributed by atoms with Gasteiger partial charge < -0.3 is 4.42 Å². The number of furan rings is 1. The summed E-state index contributed by atoms with van der Waals surface area (Å²) in [5.41, 5.74) is 0.903. The molecule has 0 atom stereocenters. The zero-order valence-corrected chi connectivity index (χ0v) is 16.8. The lowest BCUT2D eigenvalue weighted by molar-refractivity contribution is 0.574. The Labute approximate surface area is 172 Å². The number of hydrogen-bond acceptors (Lipinski definition) is 6. The van der Waals surface area contributed by atoms with Crippen molar-refractivity contribution in [1.82, 2.24) is 19.7 Å². The van der Waals surface area contributed by atoms with Gasteiger partial charge in [-0.05, 0) is 48.4 Å². The second kappa shape index (κ2) is 8.18. The molecule has 0 saturated carbocycles. The highest BCUT2D eigenvalue weighted by molar-refractivity contribution is 7.90. The van der Waals surface area contributed by atoms with E-state index in [0.717, 1.165) is 5.56 Å². The molecule has 148 valence electrons. The smallest absolute Gasteiger partial charge is 0.205 e. The Balaban J connectivity index is 1.62. The van der Waals surface area contributed by atoms with Crippen LogP contribution in [0.4, 0.5) is 0 Å². The summed E-state index contributed by atoms with van der Waals surface area (Å²) in [6.45, 7) is 0. The number of rotatable bonds is 7. The van der Waals surface area contributed by atoms with Crippen molar-refractivity contribution in [2.75, 3.05) is 5.75 Å². The molecule has 4 rings (SSSR count). The van der Waals surface area contributed by atoms with E-state index in [1.54, 1.807) is 47.2 Å². The van der Waals surface area contributed by atoms with Gasteiger partial charge in [-0.3, -0.25) is 4.57 Å². The summed E-state index contributed by atoms with van der Waals surface area (Å²) in [6.07, 6.45) is 3.54. The lowest BCUT2D eigenvalue weighted by Gasteiger charge is -2.09. The van der Waals surface area contributed by atoms with Gasteiger partial charge in [-0.1, -0.05) is 29.8 Å². The number of halogens is 1. The highest BCUT2D eigenvalue weighted by Gasteiger charge is 2.23. The molecule has 9 heteroatoms. The van der Waals surface area contributed by atoms with Crippen molar-refractivity contribution in [1.29, 1.82) is 0 Å². The van der Waals surface area contributed by atoms with E-state index in [1.807, 2.05) is 18.2 Å². The van der Waals surface area contributed by atoms with Crippen LogP contribution < -0.4 is 0 Å². The van der Waals surface area contributed by atoms with Gasteiger partial charge in [-0.2, -0.15) is 0 Å². The Hall–Kier alpha value is -2.97. The van der Waals surface area contributed by atoms with E-state index in [4.69, 9.17) is 16.0 Å². The minimum atomic E-state index is -3.44. The van der Waals surface area contributed by atoms with Crippen molar-refractivity contribution >= 4 is 21.4 Å². The molecular weight excluding hydrogens is 412 g/mol. The summed E-state index contributed by atoms with van der Waals surface area (Å²) in [4.78, 5) is 4.32. The fourth-order valence-electron chi connectivity index (χ4n) is 2.90. The van der Waals surface area contributed by atoms with Gasteiger partial charge in [0.15, 0.2) is 21.4 Å². The summed E-state index contributed by atoms with van der Waals surface area (Å²) in [6, 6.07) is 16.0. The molecule has 0 saturated heterocycles. The standard InChI is InChI=1S/C20H17ClN4O3S/c21-16-8-6-15(7-9-16)10-13-29(26,27)14-19-23-24-20(17-4-3-12-28-17)25(19)18-5-1-2-11-22-18/h1-9,11-12H,10,13-14H2. The number of pyridine rings is 1. The molecule has 7 nitrogen and oxygen atoms in total. The van der Waals surface area contributed by atoms with Crippen LogP contribution in [0.5, 0.6) is 0 Å². The summed E-state index contributed by atoms with van der Waals surface area (Å²) in [5.74, 6) is 1.41. The number of hydrogen-bond donors (Lipinski definition) is 0. The first-order valence-electron chi connectivity index (χ1n) is 8.86. The molecule has 3 aromatic heterocycles.